The number of aromatic amines is 1. The largest absolute Gasteiger partial charge is 0.481 e. The first kappa shape index (κ1) is 22.7. The molecule has 0 aliphatic heterocycles. The Kier molecular flexibility index (Phi) is 7.17. The zero-order chi connectivity index (χ0) is 23.1. The summed E-state index contributed by atoms with van der Waals surface area (Å²) >= 11 is 0. The first-order valence-corrected chi connectivity index (χ1v) is 8.78. The van der Waals surface area contributed by atoms with Gasteiger partial charge in [-0.1, -0.05) is 0 Å². The molecule has 1 heterocycles. The lowest BCUT2D eigenvalue weighted by molar-refractivity contribution is -0.140. The van der Waals surface area contributed by atoms with E-state index in [4.69, 9.17) is 21.7 Å². The van der Waals surface area contributed by atoms with Crippen LogP contribution in [0.5, 0.6) is 0 Å². The summed E-state index contributed by atoms with van der Waals surface area (Å²) in [5, 5.41) is 24.7. The Morgan fingerprint density at radius 2 is 1.68 bits per heavy atom. The van der Waals surface area contributed by atoms with E-state index >= 15 is 0 Å². The van der Waals surface area contributed by atoms with Crippen molar-refractivity contribution in [2.24, 2.45) is 0 Å². The van der Waals surface area contributed by atoms with Crippen LogP contribution in [0.1, 0.15) is 23.2 Å². The number of carboxylic acids is 2. The molecule has 1 aromatic heterocycles. The molecule has 164 valence electrons. The second-order valence-corrected chi connectivity index (χ2v) is 6.34. The summed E-state index contributed by atoms with van der Waals surface area (Å²) in [6, 6.07) is 4.52. The fourth-order valence-electron chi connectivity index (χ4n) is 2.48. The average Bonchev–Trinajstić information content (AvgIpc) is 2.68. The van der Waals surface area contributed by atoms with Crippen LogP contribution >= 0.6 is 0 Å². The summed E-state index contributed by atoms with van der Waals surface area (Å²) in [4.78, 5) is 60.1. The van der Waals surface area contributed by atoms with Gasteiger partial charge in [0.15, 0.2) is 0 Å². The number of anilines is 4. The van der Waals surface area contributed by atoms with E-state index < -0.39 is 41.9 Å². The van der Waals surface area contributed by atoms with Gasteiger partial charge in [-0.2, -0.15) is 0 Å². The number of rotatable bonds is 8. The minimum absolute atomic E-state index is 0.0284. The number of nitrogens with two attached hydrogens (primary N) is 2. The number of carboxylic acid groups (broad SMARTS) is 2. The van der Waals surface area contributed by atoms with E-state index in [1.807, 2.05) is 0 Å². The summed E-state index contributed by atoms with van der Waals surface area (Å²) in [6.07, 6.45) is -0.694. The van der Waals surface area contributed by atoms with E-state index in [9.17, 15) is 24.0 Å². The molecule has 0 saturated heterocycles. The molecule has 0 aliphatic carbocycles. The Morgan fingerprint density at radius 3 is 2.23 bits per heavy atom. The van der Waals surface area contributed by atoms with Gasteiger partial charge < -0.3 is 42.6 Å². The number of pyridine rings is 1. The molecule has 13 nitrogen and oxygen atoms in total. The first-order valence-electron chi connectivity index (χ1n) is 8.78. The lowest BCUT2D eigenvalue weighted by Gasteiger charge is -2.14. The van der Waals surface area contributed by atoms with Crippen LogP contribution in [0.15, 0.2) is 35.1 Å². The van der Waals surface area contributed by atoms with Crippen molar-refractivity contribution in [1.82, 2.24) is 10.3 Å². The van der Waals surface area contributed by atoms with Crippen molar-refractivity contribution in [2.45, 2.75) is 18.9 Å². The van der Waals surface area contributed by atoms with Crippen LogP contribution in [0.3, 0.4) is 0 Å². The van der Waals surface area contributed by atoms with Crippen LogP contribution in [0.25, 0.3) is 0 Å². The summed E-state index contributed by atoms with van der Waals surface area (Å²) in [6.45, 7) is 0. The maximum atomic E-state index is 12.2. The van der Waals surface area contributed by atoms with Gasteiger partial charge in [0.1, 0.15) is 17.5 Å². The maximum absolute atomic E-state index is 12.2. The maximum Gasteiger partial charge on any atom is 0.326 e. The van der Waals surface area contributed by atoms with Crippen molar-refractivity contribution in [3.05, 3.63) is 46.2 Å². The Morgan fingerprint density at radius 1 is 1.03 bits per heavy atom. The molecule has 1 aromatic carbocycles. The summed E-state index contributed by atoms with van der Waals surface area (Å²) in [5.41, 5.74) is 10.5. The number of nitrogen functional groups attached to an aromatic ring is 2. The molecule has 0 radical (unpaired) electrons. The summed E-state index contributed by atoms with van der Waals surface area (Å²) in [5.74, 6) is -3.23. The third-order valence-corrected chi connectivity index (χ3v) is 3.98. The van der Waals surface area contributed by atoms with E-state index in [-0.39, 0.29) is 34.9 Å². The van der Waals surface area contributed by atoms with Gasteiger partial charge >= 0.3 is 18.0 Å². The molecule has 1 atom stereocenters. The molecule has 10 N–H and O–H groups in total. The highest BCUT2D eigenvalue weighted by atomic mass is 16.4. The van der Waals surface area contributed by atoms with Crippen molar-refractivity contribution in [3.8, 4) is 0 Å². The molecule has 0 unspecified atom stereocenters. The number of aliphatic carboxylic acids is 2. The van der Waals surface area contributed by atoms with E-state index in [1.165, 1.54) is 30.3 Å². The highest BCUT2D eigenvalue weighted by molar-refractivity contribution is 6.02. The molecule has 3 amide bonds. The zero-order valence-corrected chi connectivity index (χ0v) is 16.0. The quantitative estimate of drug-likeness (QED) is 0.285. The number of aromatic nitrogens is 1. The third kappa shape index (κ3) is 6.49. The van der Waals surface area contributed by atoms with E-state index in [1.54, 1.807) is 0 Å². The molecule has 31 heavy (non-hydrogen) atoms. The molecule has 0 saturated carbocycles. The fourth-order valence-corrected chi connectivity index (χ4v) is 2.48. The number of H-pyrrole nitrogens is 1. The molecule has 2 rings (SSSR count). The topological polar surface area (TPSA) is 230 Å². The third-order valence-electron chi connectivity index (χ3n) is 3.98. The van der Waals surface area contributed by atoms with Crippen molar-refractivity contribution < 1.29 is 29.4 Å². The molecule has 2 aromatic rings. The van der Waals surface area contributed by atoms with Gasteiger partial charge in [-0.05, 0) is 30.7 Å². The fraction of sp³-hybridized carbons (Fsp3) is 0.167. The number of hydrogen-bond acceptors (Lipinski definition) is 7. The van der Waals surface area contributed by atoms with Gasteiger partial charge in [0.25, 0.3) is 11.5 Å². The van der Waals surface area contributed by atoms with Crippen LogP contribution in [-0.4, -0.2) is 45.1 Å². The molecular formula is C18H20N6O7. The van der Waals surface area contributed by atoms with Crippen molar-refractivity contribution in [2.75, 3.05) is 22.1 Å². The van der Waals surface area contributed by atoms with Crippen molar-refractivity contribution in [1.29, 1.82) is 0 Å². The number of amides is 3. The second-order valence-electron chi connectivity index (χ2n) is 6.34. The lowest BCUT2D eigenvalue weighted by atomic mass is 10.1. The van der Waals surface area contributed by atoms with Crippen molar-refractivity contribution >= 4 is 46.8 Å². The van der Waals surface area contributed by atoms with Crippen LogP contribution in [0.4, 0.5) is 27.7 Å². The number of urea groups is 1. The van der Waals surface area contributed by atoms with E-state index in [0.717, 1.165) is 0 Å². The second kappa shape index (κ2) is 9.78. The predicted octanol–water partition coefficient (Wildman–Crippen LogP) is 0.231. The molecule has 0 aliphatic rings. The highest BCUT2D eigenvalue weighted by Gasteiger charge is 2.21. The standard InChI is InChI=1S/C18H20N6O7/c19-10-7-12(20)23-16(28)14(10)24-18(31)21-9-3-1-8(2-4-9)15(27)22-11(17(29)30)5-6-13(25)26/h1-4,7,11H,5-6H2,(H,22,27)(H,25,26)(H,29,30)(H2,21,24,31)(H5,19,20,23,28)/t11-/m0/s1. The van der Waals surface area contributed by atoms with Gasteiger partial charge in [0.2, 0.25) is 0 Å². The van der Waals surface area contributed by atoms with Gasteiger partial charge in [0, 0.05) is 23.7 Å². The highest BCUT2D eigenvalue weighted by Crippen LogP contribution is 2.15. The average molecular weight is 432 g/mol. The number of carbonyl (C=O) groups is 4. The Labute approximate surface area is 174 Å². The molecule has 13 heteroatoms. The lowest BCUT2D eigenvalue weighted by Crippen LogP contribution is -2.41. The minimum atomic E-state index is -1.37. The molecule has 0 bridgehead atoms. The molecule has 0 fully saturated rings. The van der Waals surface area contributed by atoms with Crippen LogP contribution < -0.4 is 33.0 Å². The number of hydrogen-bond donors (Lipinski definition) is 8. The first-order chi connectivity index (χ1) is 14.6. The van der Waals surface area contributed by atoms with Crippen LogP contribution in [0, 0.1) is 0 Å². The molecular weight excluding hydrogens is 412 g/mol. The van der Waals surface area contributed by atoms with E-state index in [2.05, 4.69) is 20.9 Å². The van der Waals surface area contributed by atoms with Gasteiger partial charge in [-0.3, -0.25) is 14.4 Å². The SMILES string of the molecule is Nc1cc(N)c(NC(=O)Nc2ccc(C(=O)N[C@@H](CCC(=O)O)C(=O)O)cc2)c(=O)[nH]1. The van der Waals surface area contributed by atoms with Crippen LogP contribution in [0.2, 0.25) is 0 Å². The van der Waals surface area contributed by atoms with Gasteiger partial charge in [0.05, 0.1) is 5.69 Å². The van der Waals surface area contributed by atoms with Gasteiger partial charge in [-0.15, -0.1) is 0 Å². The van der Waals surface area contributed by atoms with Gasteiger partial charge in [-0.25, -0.2) is 9.59 Å². The summed E-state index contributed by atoms with van der Waals surface area (Å²) in [7, 11) is 0. The Hall–Kier alpha value is -4.55. The predicted molar refractivity (Wildman–Crippen MR) is 111 cm³/mol. The molecule has 0 spiro atoms. The van der Waals surface area contributed by atoms with Crippen LogP contribution in [-0.2, 0) is 9.59 Å². The normalized spacial score (nSPS) is 11.2. The number of carbonyl (C=O) groups excluding carboxylic acids is 2. The van der Waals surface area contributed by atoms with Crippen molar-refractivity contribution in [3.63, 3.8) is 0 Å². The smallest absolute Gasteiger partial charge is 0.326 e. The zero-order valence-electron chi connectivity index (χ0n) is 16.0. The Balaban J connectivity index is 2.00. The number of nitrogens with one attached hydrogen (secondary N) is 4. The Bertz CT molecular complexity index is 1060. The minimum Gasteiger partial charge on any atom is -0.481 e. The summed E-state index contributed by atoms with van der Waals surface area (Å²) < 4.78 is 0. The monoisotopic (exact) mass is 432 g/mol. The van der Waals surface area contributed by atoms with E-state index in [0.29, 0.717) is 0 Å². The number of benzene rings is 1.